The number of hydrogen-bond acceptors (Lipinski definition) is 6. The van der Waals surface area contributed by atoms with Gasteiger partial charge in [-0.2, -0.15) is 0 Å². The van der Waals surface area contributed by atoms with E-state index in [9.17, 15) is 9.90 Å². The van der Waals surface area contributed by atoms with E-state index in [0.717, 1.165) is 16.9 Å². The van der Waals surface area contributed by atoms with Crippen LogP contribution in [0.1, 0.15) is 12.6 Å². The summed E-state index contributed by atoms with van der Waals surface area (Å²) in [5.74, 6) is 0. The van der Waals surface area contributed by atoms with Crippen LogP contribution in [0.2, 0.25) is 0 Å². The van der Waals surface area contributed by atoms with Gasteiger partial charge in [0.2, 0.25) is 0 Å². The molecule has 1 aliphatic heterocycles. The van der Waals surface area contributed by atoms with Crippen molar-refractivity contribution in [3.8, 4) is 0 Å². The summed E-state index contributed by atoms with van der Waals surface area (Å²) in [6, 6.07) is 0. The third-order valence-electron chi connectivity index (χ3n) is 2.44. The van der Waals surface area contributed by atoms with E-state index < -0.39 is 24.1 Å². The van der Waals surface area contributed by atoms with Crippen LogP contribution in [0.4, 0.5) is 0 Å². The number of hydrogen-bond donors (Lipinski definition) is 2. The van der Waals surface area contributed by atoms with Crippen LogP contribution in [-0.2, 0) is 4.74 Å². The number of ether oxygens (including phenoxy) is 1. The zero-order chi connectivity index (χ0) is 11.7. The molecule has 8 heteroatoms. The molecule has 0 aliphatic carbocycles. The van der Waals surface area contributed by atoms with Crippen LogP contribution in [0.25, 0.3) is 0 Å². The fraction of sp³-hybridized carbons (Fsp3) is 0.625. The van der Waals surface area contributed by atoms with Crippen LogP contribution in [0.15, 0.2) is 11.1 Å². The molecule has 1 aliphatic rings. The molecule has 7 nitrogen and oxygen atoms in total. The fourth-order valence-corrected chi connectivity index (χ4v) is 1.97. The predicted octanol–water partition coefficient (Wildman–Crippen LogP) is -3.46. The van der Waals surface area contributed by atoms with Crippen molar-refractivity contribution in [2.45, 2.75) is 24.9 Å². The van der Waals surface area contributed by atoms with Gasteiger partial charge >= 0.3 is 99.2 Å². The van der Waals surface area contributed by atoms with Gasteiger partial charge in [0.05, 0.1) is 0 Å². The Morgan fingerprint density at radius 1 is 1.69 bits per heavy atom. The van der Waals surface area contributed by atoms with Crippen molar-refractivity contribution in [1.82, 2.24) is 14.5 Å². The first-order valence-corrected chi connectivity index (χ1v) is 5.98. The number of rotatable bonds is 2. The summed E-state index contributed by atoms with van der Waals surface area (Å²) in [6.45, 7) is -0.276. The average Bonchev–Trinajstić information content (AvgIpc) is 2.59. The molecule has 1 fully saturated rings. The van der Waals surface area contributed by atoms with Crippen molar-refractivity contribution < 1.29 is 14.9 Å². The molecule has 0 bridgehead atoms. The van der Waals surface area contributed by atoms with Gasteiger partial charge in [-0.3, -0.25) is 0 Å². The Bertz CT molecular complexity index is 438. The molecule has 2 heterocycles. The molecule has 0 aromatic carbocycles. The van der Waals surface area contributed by atoms with Crippen molar-refractivity contribution >= 4 is 21.5 Å². The summed E-state index contributed by atoms with van der Waals surface area (Å²) in [5.41, 5.74) is -0.454. The Balaban J connectivity index is 2.23. The molecule has 88 valence electrons. The van der Waals surface area contributed by atoms with E-state index in [1.54, 1.807) is 0 Å². The molecule has 2 N–H and O–H groups in total. The topological polar surface area (TPSA) is 97.5 Å². The second kappa shape index (κ2) is 4.63. The summed E-state index contributed by atoms with van der Waals surface area (Å²) in [7, 11) is 0. The van der Waals surface area contributed by atoms with Gasteiger partial charge in [-0.25, -0.2) is 0 Å². The number of aliphatic hydroxyl groups is 2. The number of aliphatic hydroxyl groups excluding tert-OH is 2. The number of nitrogens with zero attached hydrogens (tertiary/aromatic N) is 3. The summed E-state index contributed by atoms with van der Waals surface area (Å²) in [5, 5.41) is 18.4. The maximum atomic E-state index is 11.5. The van der Waals surface area contributed by atoms with Crippen molar-refractivity contribution in [2.24, 2.45) is 0 Å². The zero-order valence-corrected chi connectivity index (χ0v) is 10.8. The summed E-state index contributed by atoms with van der Waals surface area (Å²) in [4.78, 5) is 19.1. The Morgan fingerprint density at radius 2 is 2.44 bits per heavy atom. The molecule has 1 unspecified atom stereocenters. The second-order valence-electron chi connectivity index (χ2n) is 3.52. The van der Waals surface area contributed by atoms with Crippen LogP contribution in [0, 0.1) is 0 Å². The molecule has 0 amide bonds. The molecule has 2 rings (SSSR count). The summed E-state index contributed by atoms with van der Waals surface area (Å²) in [6.07, 6.45) is -0.422. The van der Waals surface area contributed by atoms with Crippen molar-refractivity contribution in [3.05, 3.63) is 16.8 Å². The van der Waals surface area contributed by atoms with Gasteiger partial charge in [0.25, 0.3) is 0 Å². The van der Waals surface area contributed by atoms with Gasteiger partial charge in [-0.05, 0) is 0 Å². The van der Waals surface area contributed by atoms with E-state index >= 15 is 0 Å². The van der Waals surface area contributed by atoms with E-state index in [-0.39, 0.29) is 13.0 Å². The zero-order valence-electron chi connectivity index (χ0n) is 8.35. The third kappa shape index (κ3) is 2.17. The summed E-state index contributed by atoms with van der Waals surface area (Å²) < 4.78 is 6.99. The molecule has 0 saturated carbocycles. The van der Waals surface area contributed by atoms with Gasteiger partial charge < -0.3 is 0 Å². The predicted molar refractivity (Wildman–Crippen MR) is 56.1 cm³/mol. The summed E-state index contributed by atoms with van der Waals surface area (Å²) >= 11 is 1.16. The van der Waals surface area contributed by atoms with Crippen molar-refractivity contribution in [1.29, 1.82) is 0 Å². The maximum absolute atomic E-state index is 11.5. The number of aromatic nitrogens is 3. The van der Waals surface area contributed by atoms with Gasteiger partial charge in [0.15, 0.2) is 0 Å². The van der Waals surface area contributed by atoms with Crippen molar-refractivity contribution in [3.63, 3.8) is 0 Å². The first-order chi connectivity index (χ1) is 7.61. The van der Waals surface area contributed by atoms with Crippen LogP contribution in [0.3, 0.4) is 0 Å². The minimum atomic E-state index is -0.771. The van der Waals surface area contributed by atoms with E-state index in [1.807, 2.05) is 0 Å². The molecule has 1 aromatic rings. The molecule has 4 atom stereocenters. The minimum absolute atomic E-state index is 0.253. The molecular weight excluding hydrogens is 277 g/mol. The second-order valence-corrected chi connectivity index (χ2v) is 4.60. The monoisotopic (exact) mass is 289 g/mol. The fourth-order valence-electron chi connectivity index (χ4n) is 1.60. The average molecular weight is 289 g/mol. The van der Waals surface area contributed by atoms with Gasteiger partial charge in [-0.15, -0.1) is 0 Å². The van der Waals surface area contributed by atoms with Crippen molar-refractivity contribution in [2.75, 3.05) is 6.61 Å². The van der Waals surface area contributed by atoms with Gasteiger partial charge in [-0.1, -0.05) is 0 Å². The van der Waals surface area contributed by atoms with Crippen LogP contribution in [0.5, 0.6) is 0 Å². The van der Waals surface area contributed by atoms with E-state index in [0.29, 0.717) is 4.61 Å². The van der Waals surface area contributed by atoms with E-state index in [2.05, 4.69) is 9.97 Å². The Morgan fingerprint density at radius 3 is 3.00 bits per heavy atom. The Labute approximate surface area is 99.6 Å². The Hall–Kier alpha value is -0.752. The molecule has 16 heavy (non-hydrogen) atoms. The SMILES string of the molecule is O=c1nc([AsH2])ncn1[C@@H]1C[C@H](O)[C@@H](CO)O1. The normalized spacial score (nSPS) is 29.6. The van der Waals surface area contributed by atoms with E-state index in [4.69, 9.17) is 9.84 Å². The Kier molecular flexibility index (Phi) is 3.39. The van der Waals surface area contributed by atoms with Gasteiger partial charge in [0, 0.05) is 0 Å². The van der Waals surface area contributed by atoms with Crippen LogP contribution in [-0.4, -0.2) is 60.4 Å². The molecule has 1 saturated heterocycles. The van der Waals surface area contributed by atoms with Crippen LogP contribution >= 0.6 is 0 Å². The molecule has 0 spiro atoms. The quantitative estimate of drug-likeness (QED) is 0.549. The first kappa shape index (κ1) is 11.7. The van der Waals surface area contributed by atoms with Gasteiger partial charge in [0.1, 0.15) is 0 Å². The molecule has 0 radical (unpaired) electrons. The standard InChI is InChI=1S/C8H12AsN3O4/c9-7-10-3-12(8(15)11-7)6-1-4(14)5(2-13)16-6/h3-6,13-14H,1-2,9H2/t4-,5+,6-/m0/s1. The van der Waals surface area contributed by atoms with E-state index in [1.165, 1.54) is 10.9 Å². The third-order valence-corrected chi connectivity index (χ3v) is 3.02. The first-order valence-electron chi connectivity index (χ1n) is 4.77. The van der Waals surface area contributed by atoms with Crippen LogP contribution < -0.4 is 10.3 Å². The molecule has 1 aromatic heterocycles. The molecular formula is C8H12AsN3O4.